The van der Waals surface area contributed by atoms with Crippen LogP contribution in [0.25, 0.3) is 0 Å². The van der Waals surface area contributed by atoms with Crippen molar-refractivity contribution in [3.8, 4) is 0 Å². The fraction of sp³-hybridized carbons (Fsp3) is 0.556. The van der Waals surface area contributed by atoms with Gasteiger partial charge in [-0.1, -0.05) is 0 Å². The summed E-state index contributed by atoms with van der Waals surface area (Å²) in [5, 5.41) is 2.90. The summed E-state index contributed by atoms with van der Waals surface area (Å²) in [6, 6.07) is 6.27. The van der Waals surface area contributed by atoms with E-state index in [1.807, 2.05) is 6.92 Å². The van der Waals surface area contributed by atoms with E-state index in [1.165, 1.54) is 21.9 Å². The van der Waals surface area contributed by atoms with Crippen LogP contribution >= 0.6 is 0 Å². The largest absolute Gasteiger partial charge is 0.360 e. The average molecular weight is 347 g/mol. The second kappa shape index (κ2) is 5.98. The summed E-state index contributed by atoms with van der Waals surface area (Å²) in [4.78, 5) is 29.8. The molecule has 3 fully saturated rings. The summed E-state index contributed by atoms with van der Waals surface area (Å²) in [5.41, 5.74) is 0.309. The Morgan fingerprint density at radius 1 is 1.20 bits per heavy atom. The topological polar surface area (TPSA) is 57.1 Å². The molecule has 0 unspecified atom stereocenters. The molecule has 0 bridgehead atoms. The van der Waals surface area contributed by atoms with Crippen molar-refractivity contribution in [2.24, 2.45) is 5.92 Å². The van der Waals surface area contributed by atoms with Gasteiger partial charge >= 0.3 is 6.03 Å². The average Bonchev–Trinajstić information content (AvgIpc) is 3.43. The Bertz CT molecular complexity index is 683. The standard InChI is InChI=1S/C18H23FN4O2/c1-18(13-2-3-13)16(24)23(17(25)20-18)12-21-8-10-22(11-9-21)15-6-4-14(19)5-7-15/h4-7,13H,2-3,8-12H2,1H3,(H,20,25)/p+1/t18-/m1/s1. The molecule has 2 N–H and O–H groups in total. The van der Waals surface area contributed by atoms with Crippen LogP contribution in [-0.4, -0.2) is 55.2 Å². The number of urea groups is 1. The van der Waals surface area contributed by atoms with Crippen LogP contribution in [0.2, 0.25) is 0 Å². The first-order valence-electron chi connectivity index (χ1n) is 8.95. The molecule has 1 aromatic carbocycles. The van der Waals surface area contributed by atoms with Gasteiger partial charge in [0.05, 0.1) is 26.2 Å². The number of benzene rings is 1. The normalized spacial score (nSPS) is 27.8. The quantitative estimate of drug-likeness (QED) is 0.766. The number of anilines is 1. The highest BCUT2D eigenvalue weighted by Gasteiger charge is 2.56. The lowest BCUT2D eigenvalue weighted by atomic mass is 9.96. The summed E-state index contributed by atoms with van der Waals surface area (Å²) < 4.78 is 13.0. The lowest BCUT2D eigenvalue weighted by molar-refractivity contribution is -0.907. The zero-order valence-electron chi connectivity index (χ0n) is 14.4. The van der Waals surface area contributed by atoms with Crippen LogP contribution in [0.1, 0.15) is 19.8 Å². The molecule has 1 atom stereocenters. The maximum atomic E-state index is 13.0. The Morgan fingerprint density at radius 3 is 2.44 bits per heavy atom. The van der Waals surface area contributed by atoms with E-state index >= 15 is 0 Å². The van der Waals surface area contributed by atoms with Gasteiger partial charge in [-0.15, -0.1) is 0 Å². The Morgan fingerprint density at radius 2 is 1.84 bits per heavy atom. The number of piperazine rings is 1. The van der Waals surface area contributed by atoms with Crippen molar-refractivity contribution in [2.75, 3.05) is 37.7 Å². The van der Waals surface area contributed by atoms with Crippen molar-refractivity contribution >= 4 is 17.6 Å². The predicted octanol–water partition coefficient (Wildman–Crippen LogP) is 0.209. The maximum absolute atomic E-state index is 13.0. The van der Waals surface area contributed by atoms with E-state index in [9.17, 15) is 14.0 Å². The third-order valence-corrected chi connectivity index (χ3v) is 5.74. The second-order valence-corrected chi connectivity index (χ2v) is 7.51. The van der Waals surface area contributed by atoms with Gasteiger partial charge in [-0.3, -0.25) is 4.79 Å². The number of amides is 3. The maximum Gasteiger partial charge on any atom is 0.329 e. The van der Waals surface area contributed by atoms with Gasteiger partial charge in [-0.2, -0.15) is 0 Å². The summed E-state index contributed by atoms with van der Waals surface area (Å²) in [6.07, 6.45) is 2.03. The number of rotatable bonds is 4. The van der Waals surface area contributed by atoms with Crippen LogP contribution in [0.5, 0.6) is 0 Å². The minimum Gasteiger partial charge on any atom is -0.360 e. The highest BCUT2D eigenvalue weighted by atomic mass is 19.1. The van der Waals surface area contributed by atoms with Crippen molar-refractivity contribution in [2.45, 2.75) is 25.3 Å². The number of quaternary nitrogens is 1. The third-order valence-electron chi connectivity index (χ3n) is 5.74. The SMILES string of the molecule is C[C@]1(C2CC2)NC(=O)N(C[NH+]2CCN(c3ccc(F)cc3)CC2)C1=O. The smallest absolute Gasteiger partial charge is 0.329 e. The van der Waals surface area contributed by atoms with Crippen molar-refractivity contribution in [1.82, 2.24) is 10.2 Å². The van der Waals surface area contributed by atoms with Gasteiger partial charge in [0.1, 0.15) is 11.4 Å². The van der Waals surface area contributed by atoms with E-state index < -0.39 is 5.54 Å². The van der Waals surface area contributed by atoms with Gasteiger partial charge in [0.15, 0.2) is 6.67 Å². The zero-order valence-corrected chi connectivity index (χ0v) is 14.4. The third kappa shape index (κ3) is 2.97. The van der Waals surface area contributed by atoms with Crippen LogP contribution in [0.3, 0.4) is 0 Å². The van der Waals surface area contributed by atoms with Gasteiger partial charge in [-0.05, 0) is 49.9 Å². The van der Waals surface area contributed by atoms with E-state index in [2.05, 4.69) is 10.2 Å². The molecule has 4 rings (SSSR count). The fourth-order valence-corrected chi connectivity index (χ4v) is 3.91. The number of hydrogen-bond acceptors (Lipinski definition) is 3. The van der Waals surface area contributed by atoms with Gasteiger partial charge < -0.3 is 15.1 Å². The molecule has 1 saturated carbocycles. The summed E-state index contributed by atoms with van der Waals surface area (Å²) in [7, 11) is 0. The molecule has 2 aliphatic heterocycles. The molecule has 1 aromatic rings. The molecule has 25 heavy (non-hydrogen) atoms. The molecule has 0 radical (unpaired) electrons. The molecule has 0 aromatic heterocycles. The molecule has 2 saturated heterocycles. The Kier molecular flexibility index (Phi) is 3.91. The van der Waals surface area contributed by atoms with Crippen LogP contribution in [-0.2, 0) is 4.79 Å². The van der Waals surface area contributed by atoms with E-state index in [0.29, 0.717) is 12.6 Å². The Balaban J connectivity index is 1.35. The first-order valence-corrected chi connectivity index (χ1v) is 8.95. The fourth-order valence-electron chi connectivity index (χ4n) is 3.91. The highest BCUT2D eigenvalue weighted by molar-refractivity contribution is 6.07. The molecule has 7 heteroatoms. The molecule has 134 valence electrons. The van der Waals surface area contributed by atoms with E-state index in [0.717, 1.165) is 44.7 Å². The van der Waals surface area contributed by atoms with Gasteiger partial charge in [-0.25, -0.2) is 14.1 Å². The van der Waals surface area contributed by atoms with Gasteiger partial charge in [0.25, 0.3) is 5.91 Å². The molecular weight excluding hydrogens is 323 g/mol. The van der Waals surface area contributed by atoms with Crippen molar-refractivity contribution in [3.63, 3.8) is 0 Å². The van der Waals surface area contributed by atoms with Crippen LogP contribution in [0.4, 0.5) is 14.9 Å². The van der Waals surface area contributed by atoms with Crippen molar-refractivity contribution in [3.05, 3.63) is 30.1 Å². The monoisotopic (exact) mass is 347 g/mol. The molecule has 2 heterocycles. The summed E-state index contributed by atoms with van der Waals surface area (Å²) >= 11 is 0. The second-order valence-electron chi connectivity index (χ2n) is 7.51. The number of carbonyl (C=O) groups is 2. The van der Waals surface area contributed by atoms with E-state index in [4.69, 9.17) is 0 Å². The number of imide groups is 1. The molecule has 3 aliphatic rings. The van der Waals surface area contributed by atoms with Crippen LogP contribution in [0.15, 0.2) is 24.3 Å². The molecular formula is C18H24FN4O2+. The molecule has 0 spiro atoms. The Hall–Kier alpha value is -2.15. The number of carbonyl (C=O) groups excluding carboxylic acids is 2. The van der Waals surface area contributed by atoms with Crippen LogP contribution < -0.4 is 15.1 Å². The first kappa shape index (κ1) is 16.3. The summed E-state index contributed by atoms with van der Waals surface area (Å²) in [6.45, 7) is 5.61. The number of nitrogens with one attached hydrogen (secondary N) is 2. The minimum absolute atomic E-state index is 0.0755. The highest BCUT2D eigenvalue weighted by Crippen LogP contribution is 2.42. The Labute approximate surface area is 146 Å². The minimum atomic E-state index is -0.702. The van der Waals surface area contributed by atoms with Crippen LogP contribution in [0, 0.1) is 11.7 Å². The molecule has 1 aliphatic carbocycles. The molecule has 6 nitrogen and oxygen atoms in total. The molecule has 3 amide bonds. The number of halogens is 1. The van der Waals surface area contributed by atoms with Gasteiger partial charge in [0.2, 0.25) is 0 Å². The number of hydrogen-bond donors (Lipinski definition) is 2. The predicted molar refractivity (Wildman–Crippen MR) is 90.7 cm³/mol. The lowest BCUT2D eigenvalue weighted by Crippen LogP contribution is -3.16. The summed E-state index contributed by atoms with van der Waals surface area (Å²) in [5.74, 6) is -0.0157. The number of nitrogens with zero attached hydrogens (tertiary/aromatic N) is 2. The van der Waals surface area contributed by atoms with Gasteiger partial charge in [0, 0.05) is 5.69 Å². The zero-order chi connectivity index (χ0) is 17.6. The van der Waals surface area contributed by atoms with Crippen molar-refractivity contribution < 1.29 is 18.9 Å². The van der Waals surface area contributed by atoms with Crippen molar-refractivity contribution in [1.29, 1.82) is 0 Å². The lowest BCUT2D eigenvalue weighted by Gasteiger charge is -2.34. The first-order chi connectivity index (χ1) is 12.0. The van der Waals surface area contributed by atoms with E-state index in [-0.39, 0.29) is 17.8 Å². The van der Waals surface area contributed by atoms with E-state index in [1.54, 1.807) is 12.1 Å².